The van der Waals surface area contributed by atoms with E-state index in [1.165, 1.54) is 6.26 Å². The molecule has 2 aromatic rings. The van der Waals surface area contributed by atoms with Gasteiger partial charge in [-0.3, -0.25) is 0 Å². The van der Waals surface area contributed by atoms with Gasteiger partial charge in [-0.05, 0) is 41.3 Å². The molecular formula is C20H24O6S. The van der Waals surface area contributed by atoms with Crippen LogP contribution in [0.5, 0.6) is 0 Å². The van der Waals surface area contributed by atoms with E-state index in [1.54, 1.807) is 24.3 Å². The Morgan fingerprint density at radius 3 is 2.37 bits per heavy atom. The maximum atomic E-state index is 11.6. The van der Waals surface area contributed by atoms with Crippen LogP contribution >= 0.6 is 0 Å². The van der Waals surface area contributed by atoms with Gasteiger partial charge in [0.05, 0.1) is 23.7 Å². The molecular weight excluding hydrogens is 368 g/mol. The van der Waals surface area contributed by atoms with Crippen molar-refractivity contribution < 1.29 is 28.5 Å². The molecule has 4 atom stereocenters. The fourth-order valence-electron chi connectivity index (χ4n) is 3.48. The summed E-state index contributed by atoms with van der Waals surface area (Å²) in [7, 11) is -3.26. The summed E-state index contributed by atoms with van der Waals surface area (Å²) in [6.45, 7) is 1.66. The average Bonchev–Trinajstić information content (AvgIpc) is 2.64. The zero-order valence-electron chi connectivity index (χ0n) is 15.2. The molecule has 0 bridgehead atoms. The molecule has 1 aliphatic heterocycles. The topological polar surface area (TPSA) is 104 Å². The highest BCUT2D eigenvalue weighted by Crippen LogP contribution is 2.37. The van der Waals surface area contributed by atoms with E-state index in [2.05, 4.69) is 0 Å². The number of benzene rings is 2. The van der Waals surface area contributed by atoms with E-state index in [9.17, 15) is 23.7 Å². The summed E-state index contributed by atoms with van der Waals surface area (Å²) in [6, 6.07) is 12.2. The first-order chi connectivity index (χ1) is 12.7. The molecule has 1 aliphatic rings. The molecule has 1 saturated heterocycles. The molecule has 4 unspecified atom stereocenters. The monoisotopic (exact) mass is 392 g/mol. The van der Waals surface area contributed by atoms with Crippen LogP contribution in [0.15, 0.2) is 47.4 Å². The van der Waals surface area contributed by atoms with Crippen molar-refractivity contribution in [1.82, 2.24) is 0 Å². The molecule has 0 radical (unpaired) electrons. The Balaban J connectivity index is 1.99. The maximum absolute atomic E-state index is 11.6. The molecule has 6 nitrogen and oxygen atoms in total. The number of ether oxygens (including phenoxy) is 1. The van der Waals surface area contributed by atoms with Crippen LogP contribution in [0.3, 0.4) is 0 Å². The quantitative estimate of drug-likeness (QED) is 0.730. The van der Waals surface area contributed by atoms with Crippen molar-refractivity contribution >= 4 is 9.84 Å². The van der Waals surface area contributed by atoms with Gasteiger partial charge in [0.25, 0.3) is 0 Å². The van der Waals surface area contributed by atoms with E-state index >= 15 is 0 Å². The number of rotatable bonds is 4. The summed E-state index contributed by atoms with van der Waals surface area (Å²) in [6.07, 6.45) is -2.00. The van der Waals surface area contributed by atoms with Gasteiger partial charge in [-0.2, -0.15) is 0 Å². The third kappa shape index (κ3) is 4.07. The van der Waals surface area contributed by atoms with Crippen molar-refractivity contribution in [3.8, 4) is 11.1 Å². The lowest BCUT2D eigenvalue weighted by molar-refractivity contribution is -0.179. The van der Waals surface area contributed by atoms with E-state index in [0.717, 1.165) is 22.3 Å². The van der Waals surface area contributed by atoms with Crippen molar-refractivity contribution in [3.05, 3.63) is 53.6 Å². The summed E-state index contributed by atoms with van der Waals surface area (Å²) in [5, 5.41) is 29.9. The smallest absolute Gasteiger partial charge is 0.175 e. The summed E-state index contributed by atoms with van der Waals surface area (Å²) < 4.78 is 29.1. The fraction of sp³-hybridized carbons (Fsp3) is 0.400. The molecule has 0 saturated carbocycles. The van der Waals surface area contributed by atoms with Gasteiger partial charge < -0.3 is 20.1 Å². The second-order valence-electron chi connectivity index (χ2n) is 6.97. The Bertz CT molecular complexity index is 907. The lowest BCUT2D eigenvalue weighted by Gasteiger charge is -2.37. The summed E-state index contributed by atoms with van der Waals surface area (Å²) in [5.74, 6) is 0. The van der Waals surface area contributed by atoms with Crippen molar-refractivity contribution in [1.29, 1.82) is 0 Å². The first-order valence-corrected chi connectivity index (χ1v) is 10.6. The zero-order chi connectivity index (χ0) is 19.8. The van der Waals surface area contributed by atoms with E-state index in [-0.39, 0.29) is 17.9 Å². The molecule has 27 heavy (non-hydrogen) atoms. The molecule has 1 fully saturated rings. The molecule has 0 spiro atoms. The Labute approximate surface area is 159 Å². The van der Waals surface area contributed by atoms with Crippen LogP contribution in [0.1, 0.15) is 23.7 Å². The first-order valence-electron chi connectivity index (χ1n) is 8.75. The van der Waals surface area contributed by atoms with Gasteiger partial charge >= 0.3 is 0 Å². The van der Waals surface area contributed by atoms with Crippen LogP contribution in [0.25, 0.3) is 11.1 Å². The van der Waals surface area contributed by atoms with Gasteiger partial charge in [-0.15, -0.1) is 0 Å². The highest BCUT2D eigenvalue weighted by molar-refractivity contribution is 7.90. The molecule has 3 N–H and O–H groups in total. The highest BCUT2D eigenvalue weighted by atomic mass is 32.2. The molecule has 7 heteroatoms. The van der Waals surface area contributed by atoms with Crippen LogP contribution in [0, 0.1) is 6.92 Å². The van der Waals surface area contributed by atoms with Crippen molar-refractivity contribution in [2.24, 2.45) is 0 Å². The molecule has 3 rings (SSSR count). The molecule has 0 amide bonds. The van der Waals surface area contributed by atoms with Crippen molar-refractivity contribution in [3.63, 3.8) is 0 Å². The molecule has 2 aromatic carbocycles. The fourth-order valence-corrected chi connectivity index (χ4v) is 4.12. The Morgan fingerprint density at radius 1 is 1.11 bits per heavy atom. The Kier molecular flexibility index (Phi) is 5.69. The van der Waals surface area contributed by atoms with E-state index in [1.807, 2.05) is 25.1 Å². The summed E-state index contributed by atoms with van der Waals surface area (Å²) in [5.41, 5.74) is 3.30. The van der Waals surface area contributed by atoms with Crippen LogP contribution in [-0.4, -0.2) is 54.9 Å². The van der Waals surface area contributed by atoms with Crippen LogP contribution in [0.4, 0.5) is 0 Å². The van der Waals surface area contributed by atoms with E-state index < -0.39 is 34.3 Å². The highest BCUT2D eigenvalue weighted by Gasteiger charge is 2.38. The van der Waals surface area contributed by atoms with Crippen LogP contribution in [-0.2, 0) is 14.6 Å². The second-order valence-corrected chi connectivity index (χ2v) is 8.99. The van der Waals surface area contributed by atoms with E-state index in [0.29, 0.717) is 0 Å². The minimum atomic E-state index is -3.26. The van der Waals surface area contributed by atoms with Crippen LogP contribution < -0.4 is 0 Å². The zero-order valence-corrected chi connectivity index (χ0v) is 16.1. The third-order valence-corrected chi connectivity index (χ3v) is 6.16. The predicted octanol–water partition coefficient (Wildman–Crippen LogP) is 1.61. The van der Waals surface area contributed by atoms with E-state index in [4.69, 9.17) is 4.74 Å². The number of sulfone groups is 1. The third-order valence-electron chi connectivity index (χ3n) is 5.03. The Morgan fingerprint density at radius 2 is 1.78 bits per heavy atom. The summed E-state index contributed by atoms with van der Waals surface area (Å²) in [4.78, 5) is 0.250. The molecule has 146 valence electrons. The van der Waals surface area contributed by atoms with Gasteiger partial charge in [0.1, 0.15) is 12.2 Å². The normalized spacial score (nSPS) is 26.1. The predicted molar refractivity (Wildman–Crippen MR) is 101 cm³/mol. The van der Waals surface area contributed by atoms with Gasteiger partial charge in [-0.1, -0.05) is 30.3 Å². The molecule has 0 aliphatic carbocycles. The standard InChI is InChI=1S/C20H24O6S/c1-12-16(13-6-8-15(9-7-13)27(2,24)25)4-3-5-17(12)20-19(23)18(22)10-14(11-21)26-20/h3-9,14,18-23H,10-11H2,1-2H3. The van der Waals surface area contributed by atoms with Gasteiger partial charge in [0.15, 0.2) is 9.84 Å². The van der Waals surface area contributed by atoms with Crippen molar-refractivity contribution in [2.45, 2.75) is 42.7 Å². The maximum Gasteiger partial charge on any atom is 0.175 e. The number of aliphatic hydroxyl groups is 3. The van der Waals surface area contributed by atoms with Gasteiger partial charge in [-0.25, -0.2) is 8.42 Å². The van der Waals surface area contributed by atoms with Crippen molar-refractivity contribution in [2.75, 3.05) is 12.9 Å². The van der Waals surface area contributed by atoms with Gasteiger partial charge in [0.2, 0.25) is 0 Å². The lowest BCUT2D eigenvalue weighted by atomic mass is 9.88. The number of hydrogen-bond acceptors (Lipinski definition) is 6. The minimum absolute atomic E-state index is 0.180. The van der Waals surface area contributed by atoms with Crippen LogP contribution in [0.2, 0.25) is 0 Å². The number of aliphatic hydroxyl groups excluding tert-OH is 3. The minimum Gasteiger partial charge on any atom is -0.394 e. The number of hydrogen-bond donors (Lipinski definition) is 3. The second kappa shape index (κ2) is 7.69. The summed E-state index contributed by atoms with van der Waals surface area (Å²) >= 11 is 0. The SMILES string of the molecule is Cc1c(-c2ccc(S(C)(=O)=O)cc2)cccc1C1OC(CO)CC(O)C1O. The largest absolute Gasteiger partial charge is 0.394 e. The first kappa shape index (κ1) is 20.0. The molecule has 0 aromatic heterocycles. The Hall–Kier alpha value is -1.77. The molecule has 1 heterocycles. The van der Waals surface area contributed by atoms with Gasteiger partial charge in [0, 0.05) is 12.7 Å². The lowest BCUT2D eigenvalue weighted by Crippen LogP contribution is -2.44. The average molecular weight is 392 g/mol.